The van der Waals surface area contributed by atoms with Gasteiger partial charge in [-0.1, -0.05) is 23.2 Å². The Morgan fingerprint density at radius 1 is 1.05 bits per heavy atom. The van der Waals surface area contributed by atoms with Crippen LogP contribution in [0, 0.1) is 0 Å². The summed E-state index contributed by atoms with van der Waals surface area (Å²) in [7, 11) is 3.85. The molecule has 0 spiro atoms. The molecule has 3 aromatic rings. The number of imidazole rings is 1. The quantitative estimate of drug-likeness (QED) is 0.708. The highest BCUT2D eigenvalue weighted by molar-refractivity contribution is 6.37. The maximum Gasteiger partial charge on any atom is 0.180 e. The number of rotatable bonds is 2. The van der Waals surface area contributed by atoms with Crippen molar-refractivity contribution < 1.29 is 0 Å². The van der Waals surface area contributed by atoms with Crippen LogP contribution in [-0.4, -0.2) is 29.0 Å². The van der Waals surface area contributed by atoms with Gasteiger partial charge in [-0.3, -0.25) is 0 Å². The molecule has 0 bridgehead atoms. The number of hydrogen-bond acceptors (Lipinski definition) is 4. The van der Waals surface area contributed by atoms with Gasteiger partial charge in [0.15, 0.2) is 5.65 Å². The highest BCUT2D eigenvalue weighted by Gasteiger charge is 2.15. The summed E-state index contributed by atoms with van der Waals surface area (Å²) < 4.78 is 0. The molecule has 0 amide bonds. The third kappa shape index (κ3) is 2.39. The first kappa shape index (κ1) is 14.0. The van der Waals surface area contributed by atoms with E-state index in [0.717, 1.165) is 11.3 Å². The molecular formula is C14H13Cl2N5. The Labute approximate surface area is 131 Å². The number of nitrogen functional groups attached to an aromatic ring is 1. The molecule has 0 fully saturated rings. The van der Waals surface area contributed by atoms with Crippen LogP contribution in [0.1, 0.15) is 0 Å². The fourth-order valence-electron chi connectivity index (χ4n) is 2.06. The predicted molar refractivity (Wildman–Crippen MR) is 88.1 cm³/mol. The number of anilines is 2. The normalized spacial score (nSPS) is 11.0. The number of aromatic nitrogens is 3. The zero-order chi connectivity index (χ0) is 15.1. The van der Waals surface area contributed by atoms with Crippen molar-refractivity contribution in [2.45, 2.75) is 0 Å². The summed E-state index contributed by atoms with van der Waals surface area (Å²) in [6.45, 7) is 0. The number of nitrogens with one attached hydrogen (secondary N) is 1. The van der Waals surface area contributed by atoms with Crippen molar-refractivity contribution in [1.29, 1.82) is 0 Å². The lowest BCUT2D eigenvalue weighted by molar-refractivity contribution is 1.08. The molecule has 7 heteroatoms. The molecule has 2 aromatic heterocycles. The molecule has 0 saturated heterocycles. The SMILES string of the molecule is CN(C)c1ccc2[nH]c(-c3c(Cl)ccc(Cl)c3N)nc2n1. The van der Waals surface area contributed by atoms with Crippen molar-refractivity contribution in [2.24, 2.45) is 0 Å². The van der Waals surface area contributed by atoms with Crippen molar-refractivity contribution in [3.63, 3.8) is 0 Å². The number of H-pyrrole nitrogens is 1. The molecule has 108 valence electrons. The van der Waals surface area contributed by atoms with Crippen LogP contribution in [0.2, 0.25) is 10.0 Å². The first-order chi connectivity index (χ1) is 9.97. The highest BCUT2D eigenvalue weighted by Crippen LogP contribution is 2.36. The number of nitrogens with zero attached hydrogens (tertiary/aromatic N) is 3. The minimum Gasteiger partial charge on any atom is -0.397 e. The third-order valence-corrected chi connectivity index (χ3v) is 3.81. The number of fused-ring (bicyclic) bond motifs is 1. The van der Waals surface area contributed by atoms with Gasteiger partial charge in [-0.25, -0.2) is 9.97 Å². The minimum atomic E-state index is 0.399. The van der Waals surface area contributed by atoms with E-state index in [-0.39, 0.29) is 0 Å². The van der Waals surface area contributed by atoms with Crippen molar-refractivity contribution in [3.8, 4) is 11.4 Å². The van der Waals surface area contributed by atoms with Gasteiger partial charge in [-0.15, -0.1) is 0 Å². The molecule has 0 aliphatic heterocycles. The molecule has 0 saturated carbocycles. The average molecular weight is 322 g/mol. The maximum absolute atomic E-state index is 6.22. The number of nitrogens with two attached hydrogens (primary N) is 1. The van der Waals surface area contributed by atoms with Gasteiger partial charge in [0.05, 0.1) is 26.8 Å². The summed E-state index contributed by atoms with van der Waals surface area (Å²) in [4.78, 5) is 14.0. The largest absolute Gasteiger partial charge is 0.397 e. The average Bonchev–Trinajstić information content (AvgIpc) is 2.85. The van der Waals surface area contributed by atoms with Gasteiger partial charge in [0, 0.05) is 14.1 Å². The van der Waals surface area contributed by atoms with Gasteiger partial charge in [0.2, 0.25) is 0 Å². The second kappa shape index (κ2) is 5.09. The zero-order valence-corrected chi connectivity index (χ0v) is 13.0. The van der Waals surface area contributed by atoms with E-state index in [1.807, 2.05) is 31.1 Å². The summed E-state index contributed by atoms with van der Waals surface area (Å²) >= 11 is 12.3. The van der Waals surface area contributed by atoms with Crippen molar-refractivity contribution in [2.75, 3.05) is 24.7 Å². The first-order valence-electron chi connectivity index (χ1n) is 6.25. The van der Waals surface area contributed by atoms with Crippen molar-refractivity contribution >= 4 is 45.9 Å². The van der Waals surface area contributed by atoms with E-state index in [1.54, 1.807) is 12.1 Å². The van der Waals surface area contributed by atoms with E-state index in [9.17, 15) is 0 Å². The molecule has 3 rings (SSSR count). The Bertz CT molecular complexity index is 826. The number of pyridine rings is 1. The third-order valence-electron chi connectivity index (χ3n) is 3.17. The Hall–Kier alpha value is -1.98. The maximum atomic E-state index is 6.22. The van der Waals surface area contributed by atoms with Gasteiger partial charge >= 0.3 is 0 Å². The molecule has 0 radical (unpaired) electrons. The van der Waals surface area contributed by atoms with E-state index < -0.39 is 0 Å². The molecule has 2 heterocycles. The van der Waals surface area contributed by atoms with E-state index in [2.05, 4.69) is 15.0 Å². The summed E-state index contributed by atoms with van der Waals surface area (Å²) in [5, 5.41) is 0.931. The molecule has 3 N–H and O–H groups in total. The smallest absolute Gasteiger partial charge is 0.180 e. The van der Waals surface area contributed by atoms with E-state index in [4.69, 9.17) is 28.9 Å². The number of hydrogen-bond donors (Lipinski definition) is 2. The summed E-state index contributed by atoms with van der Waals surface area (Å²) in [5.74, 6) is 1.38. The second-order valence-electron chi connectivity index (χ2n) is 4.84. The Morgan fingerprint density at radius 2 is 1.76 bits per heavy atom. The van der Waals surface area contributed by atoms with Crippen LogP contribution in [0.4, 0.5) is 11.5 Å². The number of benzene rings is 1. The lowest BCUT2D eigenvalue weighted by atomic mass is 10.1. The van der Waals surface area contributed by atoms with Crippen LogP contribution in [-0.2, 0) is 0 Å². The molecule has 0 atom stereocenters. The lowest BCUT2D eigenvalue weighted by Gasteiger charge is -2.09. The van der Waals surface area contributed by atoms with Crippen molar-refractivity contribution in [3.05, 3.63) is 34.3 Å². The monoisotopic (exact) mass is 321 g/mol. The molecule has 1 aromatic carbocycles. The van der Waals surface area contributed by atoms with Gasteiger partial charge in [0.1, 0.15) is 11.6 Å². The topological polar surface area (TPSA) is 70.8 Å². The summed E-state index contributed by atoms with van der Waals surface area (Å²) in [6, 6.07) is 7.19. The molecular weight excluding hydrogens is 309 g/mol. The van der Waals surface area contributed by atoms with Gasteiger partial charge in [-0.05, 0) is 24.3 Å². The molecule has 0 unspecified atom stereocenters. The van der Waals surface area contributed by atoms with E-state index in [1.165, 1.54) is 0 Å². The second-order valence-corrected chi connectivity index (χ2v) is 5.65. The van der Waals surface area contributed by atoms with Gasteiger partial charge in [0.25, 0.3) is 0 Å². The fraction of sp³-hybridized carbons (Fsp3) is 0.143. The molecule has 5 nitrogen and oxygen atoms in total. The first-order valence-corrected chi connectivity index (χ1v) is 7.01. The van der Waals surface area contributed by atoms with Crippen LogP contribution in [0.15, 0.2) is 24.3 Å². The van der Waals surface area contributed by atoms with Crippen LogP contribution in [0.5, 0.6) is 0 Å². The highest BCUT2D eigenvalue weighted by atomic mass is 35.5. The van der Waals surface area contributed by atoms with Crippen molar-refractivity contribution in [1.82, 2.24) is 15.0 Å². The molecule has 0 aliphatic rings. The Kier molecular flexibility index (Phi) is 3.39. The van der Waals surface area contributed by atoms with Crippen LogP contribution >= 0.6 is 23.2 Å². The van der Waals surface area contributed by atoms with E-state index in [0.29, 0.717) is 32.8 Å². The molecule has 0 aliphatic carbocycles. The fourth-order valence-corrected chi connectivity index (χ4v) is 2.47. The standard InChI is InChI=1S/C14H13Cl2N5/c1-21(2)10-6-5-9-13(19-10)20-14(18-9)11-7(15)3-4-8(16)12(11)17/h3-6H,17H2,1-2H3,(H,18,19,20). The van der Waals surface area contributed by atoms with Gasteiger partial charge < -0.3 is 15.6 Å². The molecule has 21 heavy (non-hydrogen) atoms. The number of halogens is 2. The lowest BCUT2D eigenvalue weighted by Crippen LogP contribution is -2.10. The Morgan fingerprint density at radius 3 is 2.48 bits per heavy atom. The summed E-state index contributed by atoms with van der Waals surface area (Å²) in [6.07, 6.45) is 0. The minimum absolute atomic E-state index is 0.399. The van der Waals surface area contributed by atoms with Crippen LogP contribution in [0.25, 0.3) is 22.6 Å². The van der Waals surface area contributed by atoms with E-state index >= 15 is 0 Å². The van der Waals surface area contributed by atoms with Gasteiger partial charge in [-0.2, -0.15) is 0 Å². The predicted octanol–water partition coefficient (Wildman–Crippen LogP) is 3.58. The zero-order valence-electron chi connectivity index (χ0n) is 11.5. The summed E-state index contributed by atoms with van der Waals surface area (Å²) in [5.41, 5.74) is 8.42. The van der Waals surface area contributed by atoms with Crippen LogP contribution < -0.4 is 10.6 Å². The number of aromatic amines is 1. The Balaban J connectivity index is 2.20. The van der Waals surface area contributed by atoms with Crippen LogP contribution in [0.3, 0.4) is 0 Å².